The number of carbonyl (C=O) groups is 1. The number of amides is 1. The summed E-state index contributed by atoms with van der Waals surface area (Å²) in [5.41, 5.74) is 2.31. The van der Waals surface area contributed by atoms with Crippen molar-refractivity contribution in [2.75, 3.05) is 0 Å². The van der Waals surface area contributed by atoms with Gasteiger partial charge in [-0.2, -0.15) is 0 Å². The van der Waals surface area contributed by atoms with Gasteiger partial charge in [-0.25, -0.2) is 0 Å². The highest BCUT2D eigenvalue weighted by Crippen LogP contribution is 2.22. The summed E-state index contributed by atoms with van der Waals surface area (Å²) in [5, 5.41) is 3.74. The third-order valence-corrected chi connectivity index (χ3v) is 3.52. The van der Waals surface area contributed by atoms with Gasteiger partial charge in [0.2, 0.25) is 0 Å². The van der Waals surface area contributed by atoms with Gasteiger partial charge in [-0.15, -0.1) is 0 Å². The molecule has 0 atom stereocenters. The molecule has 2 nitrogen and oxygen atoms in total. The summed E-state index contributed by atoms with van der Waals surface area (Å²) in [7, 11) is 0. The summed E-state index contributed by atoms with van der Waals surface area (Å²) in [6.07, 6.45) is 0. The second kappa shape index (κ2) is 5.68. The number of nitrogens with one attached hydrogen (secondary N) is 1. The zero-order valence-electron chi connectivity index (χ0n) is 11.9. The van der Waals surface area contributed by atoms with Gasteiger partial charge in [0.15, 0.2) is 0 Å². The van der Waals surface area contributed by atoms with Crippen LogP contribution in [0.3, 0.4) is 0 Å². The molecule has 0 saturated heterocycles. The Morgan fingerprint density at radius 3 is 2.35 bits per heavy atom. The molecule has 2 rings (SSSR count). The summed E-state index contributed by atoms with van der Waals surface area (Å²) < 4.78 is 0. The SMILES string of the molecule is Cc1cccc(C(=O)NC(C)(C)c2ccc(Cl)cc2)c1. The van der Waals surface area contributed by atoms with Gasteiger partial charge >= 0.3 is 0 Å². The Morgan fingerprint density at radius 1 is 1.10 bits per heavy atom. The van der Waals surface area contributed by atoms with Crippen LogP contribution in [0.5, 0.6) is 0 Å². The Morgan fingerprint density at radius 2 is 1.75 bits per heavy atom. The van der Waals surface area contributed by atoms with Crippen LogP contribution >= 0.6 is 11.6 Å². The third kappa shape index (κ3) is 3.40. The van der Waals surface area contributed by atoms with E-state index in [-0.39, 0.29) is 5.91 Å². The van der Waals surface area contributed by atoms with Gasteiger partial charge in [0.05, 0.1) is 5.54 Å². The Kier molecular flexibility index (Phi) is 4.15. The van der Waals surface area contributed by atoms with Crippen LogP contribution in [0.1, 0.15) is 35.3 Å². The lowest BCUT2D eigenvalue weighted by molar-refractivity contribution is 0.0912. The van der Waals surface area contributed by atoms with Gasteiger partial charge in [-0.05, 0) is 50.6 Å². The van der Waals surface area contributed by atoms with Gasteiger partial charge in [-0.1, -0.05) is 41.4 Å². The Labute approximate surface area is 124 Å². The van der Waals surface area contributed by atoms with E-state index in [0.717, 1.165) is 11.1 Å². The molecule has 0 aromatic heterocycles. The van der Waals surface area contributed by atoms with E-state index >= 15 is 0 Å². The first-order valence-electron chi connectivity index (χ1n) is 6.54. The summed E-state index contributed by atoms with van der Waals surface area (Å²) in [6.45, 7) is 5.93. The van der Waals surface area contributed by atoms with Crippen LogP contribution in [0, 0.1) is 6.92 Å². The molecule has 0 heterocycles. The van der Waals surface area contributed by atoms with Crippen molar-refractivity contribution in [1.82, 2.24) is 5.32 Å². The van der Waals surface area contributed by atoms with E-state index in [0.29, 0.717) is 10.6 Å². The van der Waals surface area contributed by atoms with Crippen molar-refractivity contribution < 1.29 is 4.79 Å². The molecular formula is C17H18ClNO. The van der Waals surface area contributed by atoms with Gasteiger partial charge in [0.1, 0.15) is 0 Å². The average Bonchev–Trinajstić information content (AvgIpc) is 2.38. The fourth-order valence-corrected chi connectivity index (χ4v) is 2.21. The minimum atomic E-state index is -0.453. The molecular weight excluding hydrogens is 270 g/mol. The number of hydrogen-bond acceptors (Lipinski definition) is 1. The first-order valence-corrected chi connectivity index (χ1v) is 6.91. The fourth-order valence-electron chi connectivity index (χ4n) is 2.08. The maximum atomic E-state index is 12.3. The highest BCUT2D eigenvalue weighted by molar-refractivity contribution is 6.30. The number of carbonyl (C=O) groups excluding carboxylic acids is 1. The molecule has 0 saturated carbocycles. The number of rotatable bonds is 3. The summed E-state index contributed by atoms with van der Waals surface area (Å²) in [4.78, 5) is 12.3. The van der Waals surface area contributed by atoms with Gasteiger partial charge < -0.3 is 5.32 Å². The van der Waals surface area contributed by atoms with E-state index in [1.54, 1.807) is 0 Å². The van der Waals surface area contributed by atoms with Gasteiger partial charge in [-0.3, -0.25) is 4.79 Å². The normalized spacial score (nSPS) is 11.2. The molecule has 2 aromatic carbocycles. The lowest BCUT2D eigenvalue weighted by Gasteiger charge is -2.27. The van der Waals surface area contributed by atoms with E-state index < -0.39 is 5.54 Å². The molecule has 0 fully saturated rings. The van der Waals surface area contributed by atoms with Crippen LogP contribution in [-0.4, -0.2) is 5.91 Å². The van der Waals surface area contributed by atoms with Crippen LogP contribution in [0.15, 0.2) is 48.5 Å². The third-order valence-electron chi connectivity index (χ3n) is 3.27. The maximum absolute atomic E-state index is 12.3. The quantitative estimate of drug-likeness (QED) is 0.895. The molecule has 2 aromatic rings. The van der Waals surface area contributed by atoms with Crippen LogP contribution in [0.4, 0.5) is 0 Å². The molecule has 3 heteroatoms. The van der Waals surface area contributed by atoms with Gasteiger partial charge in [0, 0.05) is 10.6 Å². The van der Waals surface area contributed by atoms with E-state index in [1.807, 2.05) is 69.3 Å². The minimum Gasteiger partial charge on any atom is -0.343 e. The van der Waals surface area contributed by atoms with Crippen molar-refractivity contribution in [2.45, 2.75) is 26.3 Å². The predicted octanol–water partition coefficient (Wildman–Crippen LogP) is 4.31. The van der Waals surface area contributed by atoms with E-state index in [2.05, 4.69) is 5.32 Å². The van der Waals surface area contributed by atoms with Crippen LogP contribution in [0.25, 0.3) is 0 Å². The Hall–Kier alpha value is -1.80. The molecule has 0 bridgehead atoms. The molecule has 1 N–H and O–H groups in total. The van der Waals surface area contributed by atoms with Crippen molar-refractivity contribution in [3.8, 4) is 0 Å². The second-order valence-electron chi connectivity index (χ2n) is 5.46. The molecule has 0 unspecified atom stereocenters. The molecule has 0 aliphatic rings. The minimum absolute atomic E-state index is 0.0753. The number of benzene rings is 2. The summed E-state index contributed by atoms with van der Waals surface area (Å²) >= 11 is 5.89. The lowest BCUT2D eigenvalue weighted by Crippen LogP contribution is -2.40. The van der Waals surface area contributed by atoms with Crippen LogP contribution in [0.2, 0.25) is 5.02 Å². The van der Waals surface area contributed by atoms with Gasteiger partial charge in [0.25, 0.3) is 5.91 Å². The molecule has 0 aliphatic heterocycles. The topological polar surface area (TPSA) is 29.1 Å². The van der Waals surface area contributed by atoms with E-state index in [4.69, 9.17) is 11.6 Å². The molecule has 1 amide bonds. The zero-order chi connectivity index (χ0) is 14.8. The lowest BCUT2D eigenvalue weighted by atomic mass is 9.94. The van der Waals surface area contributed by atoms with Crippen molar-refractivity contribution in [3.05, 3.63) is 70.2 Å². The molecule has 104 valence electrons. The Bertz CT molecular complexity index is 617. The second-order valence-corrected chi connectivity index (χ2v) is 5.89. The maximum Gasteiger partial charge on any atom is 0.251 e. The molecule has 0 radical (unpaired) electrons. The van der Waals surface area contributed by atoms with E-state index in [9.17, 15) is 4.79 Å². The zero-order valence-corrected chi connectivity index (χ0v) is 12.7. The molecule has 20 heavy (non-hydrogen) atoms. The first-order chi connectivity index (χ1) is 9.38. The van der Waals surface area contributed by atoms with Crippen molar-refractivity contribution in [3.63, 3.8) is 0 Å². The number of aryl methyl sites for hydroxylation is 1. The van der Waals surface area contributed by atoms with Crippen molar-refractivity contribution in [2.24, 2.45) is 0 Å². The Balaban J connectivity index is 2.19. The first kappa shape index (κ1) is 14.6. The monoisotopic (exact) mass is 287 g/mol. The highest BCUT2D eigenvalue weighted by Gasteiger charge is 2.23. The number of hydrogen-bond donors (Lipinski definition) is 1. The largest absolute Gasteiger partial charge is 0.343 e. The molecule has 0 spiro atoms. The average molecular weight is 288 g/mol. The fraction of sp³-hybridized carbons (Fsp3) is 0.235. The van der Waals surface area contributed by atoms with Crippen LogP contribution in [-0.2, 0) is 5.54 Å². The van der Waals surface area contributed by atoms with Crippen LogP contribution < -0.4 is 5.32 Å². The van der Waals surface area contributed by atoms with Crippen molar-refractivity contribution >= 4 is 17.5 Å². The highest BCUT2D eigenvalue weighted by atomic mass is 35.5. The van der Waals surface area contributed by atoms with E-state index in [1.165, 1.54) is 0 Å². The summed E-state index contributed by atoms with van der Waals surface area (Å²) in [6, 6.07) is 15.1. The smallest absolute Gasteiger partial charge is 0.251 e. The standard InChI is InChI=1S/C17H18ClNO/c1-12-5-4-6-13(11-12)16(20)19-17(2,3)14-7-9-15(18)10-8-14/h4-11H,1-3H3,(H,19,20). The molecule has 0 aliphatic carbocycles. The van der Waals surface area contributed by atoms with Crippen molar-refractivity contribution in [1.29, 1.82) is 0 Å². The summed E-state index contributed by atoms with van der Waals surface area (Å²) in [5.74, 6) is -0.0753. The number of halogens is 1. The predicted molar refractivity (Wildman–Crippen MR) is 83.1 cm³/mol.